The van der Waals surface area contributed by atoms with Gasteiger partial charge in [-0.3, -0.25) is 0 Å². The third kappa shape index (κ3) is 3.21. The topological polar surface area (TPSA) is 51.0 Å². The van der Waals surface area contributed by atoms with Crippen LogP contribution < -0.4 is 5.32 Å². The third-order valence-corrected chi connectivity index (χ3v) is 3.92. The summed E-state index contributed by atoms with van der Waals surface area (Å²) in [6.45, 7) is 0.658. The van der Waals surface area contributed by atoms with Gasteiger partial charge in [-0.15, -0.1) is 0 Å². The first-order valence-corrected chi connectivity index (χ1v) is 6.51. The first-order chi connectivity index (χ1) is 7.38. The number of hydrogen-bond acceptors (Lipinski definition) is 5. The monoisotopic (exact) mass is 227 g/mol. The molecule has 84 valence electrons. The second kappa shape index (κ2) is 5.51. The number of thioether (sulfide) groups is 1. The fourth-order valence-electron chi connectivity index (χ4n) is 1.77. The van der Waals surface area contributed by atoms with Gasteiger partial charge >= 0.3 is 0 Å². The van der Waals surface area contributed by atoms with Crippen LogP contribution in [0.2, 0.25) is 0 Å². The van der Waals surface area contributed by atoms with Crippen molar-refractivity contribution in [1.82, 2.24) is 15.5 Å². The maximum atomic E-state index is 5.11. The summed E-state index contributed by atoms with van der Waals surface area (Å²) in [7, 11) is 1.88. The first-order valence-electron chi connectivity index (χ1n) is 5.46. The molecule has 0 aromatic carbocycles. The Hall–Kier alpha value is -0.550. The molecule has 2 heterocycles. The molecule has 1 aliphatic heterocycles. The van der Waals surface area contributed by atoms with Crippen molar-refractivity contribution >= 4 is 11.8 Å². The number of nitrogens with one attached hydrogen (secondary N) is 1. The van der Waals surface area contributed by atoms with Crippen molar-refractivity contribution in [3.8, 4) is 0 Å². The Bertz CT molecular complexity index is 297. The lowest BCUT2D eigenvalue weighted by Crippen LogP contribution is -2.13. The van der Waals surface area contributed by atoms with Crippen LogP contribution >= 0.6 is 11.8 Å². The predicted octanol–water partition coefficient (Wildman–Crippen LogP) is 1.62. The molecule has 0 aliphatic carbocycles. The Morgan fingerprint density at radius 2 is 2.47 bits per heavy atom. The van der Waals surface area contributed by atoms with E-state index in [2.05, 4.69) is 15.5 Å². The summed E-state index contributed by atoms with van der Waals surface area (Å²) in [4.78, 5) is 4.34. The van der Waals surface area contributed by atoms with Crippen LogP contribution in [0, 0.1) is 0 Å². The fourth-order valence-corrected chi connectivity index (χ4v) is 3.07. The van der Waals surface area contributed by atoms with E-state index in [1.807, 2.05) is 18.8 Å². The van der Waals surface area contributed by atoms with E-state index in [4.69, 9.17) is 4.52 Å². The van der Waals surface area contributed by atoms with Crippen molar-refractivity contribution in [2.24, 2.45) is 0 Å². The van der Waals surface area contributed by atoms with Crippen LogP contribution in [0.1, 0.15) is 31.0 Å². The van der Waals surface area contributed by atoms with Crippen LogP contribution in [-0.2, 0) is 13.0 Å². The molecular weight excluding hydrogens is 210 g/mol. The Morgan fingerprint density at radius 1 is 1.53 bits per heavy atom. The Morgan fingerprint density at radius 3 is 3.20 bits per heavy atom. The number of nitrogens with zero attached hydrogens (tertiary/aromatic N) is 2. The molecule has 5 heteroatoms. The van der Waals surface area contributed by atoms with Gasteiger partial charge in [0.15, 0.2) is 5.82 Å². The van der Waals surface area contributed by atoms with Gasteiger partial charge in [-0.1, -0.05) is 11.6 Å². The summed E-state index contributed by atoms with van der Waals surface area (Å²) in [5.41, 5.74) is 0. The summed E-state index contributed by atoms with van der Waals surface area (Å²) in [5.74, 6) is 2.83. The molecule has 0 spiro atoms. The molecule has 2 rings (SSSR count). The van der Waals surface area contributed by atoms with Crippen molar-refractivity contribution in [3.05, 3.63) is 11.7 Å². The average Bonchev–Trinajstić information content (AvgIpc) is 2.68. The summed E-state index contributed by atoms with van der Waals surface area (Å²) in [6, 6.07) is 0. The van der Waals surface area contributed by atoms with Gasteiger partial charge in [-0.25, -0.2) is 0 Å². The molecule has 15 heavy (non-hydrogen) atoms. The normalized spacial score (nSPS) is 21.8. The molecule has 1 aromatic heterocycles. The molecule has 0 amide bonds. The zero-order chi connectivity index (χ0) is 10.5. The van der Waals surface area contributed by atoms with Crippen LogP contribution in [0.15, 0.2) is 4.52 Å². The molecule has 1 saturated heterocycles. The van der Waals surface area contributed by atoms with E-state index in [9.17, 15) is 0 Å². The standard InChI is InChI=1S/C10H17N3OS/c1-11-7-10-12-9(13-14-10)6-8-4-2-3-5-15-8/h8,11H,2-7H2,1H3. The summed E-state index contributed by atoms with van der Waals surface area (Å²) in [5, 5.41) is 7.68. The Labute approximate surface area is 94.2 Å². The number of rotatable bonds is 4. The summed E-state index contributed by atoms with van der Waals surface area (Å²) < 4.78 is 5.11. The summed E-state index contributed by atoms with van der Waals surface area (Å²) in [6.07, 6.45) is 4.95. The predicted molar refractivity (Wildman–Crippen MR) is 60.9 cm³/mol. The second-order valence-electron chi connectivity index (χ2n) is 3.83. The molecule has 0 saturated carbocycles. The lowest BCUT2D eigenvalue weighted by molar-refractivity contribution is 0.366. The van der Waals surface area contributed by atoms with E-state index in [1.54, 1.807) is 0 Å². The van der Waals surface area contributed by atoms with Crippen LogP contribution in [0.3, 0.4) is 0 Å². The molecule has 1 unspecified atom stereocenters. The molecule has 1 N–H and O–H groups in total. The van der Waals surface area contributed by atoms with Gasteiger partial charge in [0.1, 0.15) is 0 Å². The quantitative estimate of drug-likeness (QED) is 0.847. The van der Waals surface area contributed by atoms with E-state index in [0.29, 0.717) is 17.7 Å². The number of hydrogen-bond donors (Lipinski definition) is 1. The van der Waals surface area contributed by atoms with Crippen LogP contribution in [0.25, 0.3) is 0 Å². The Kier molecular flexibility index (Phi) is 4.02. The van der Waals surface area contributed by atoms with Gasteiger partial charge in [0, 0.05) is 11.7 Å². The number of aromatic nitrogens is 2. The molecule has 1 fully saturated rings. The minimum Gasteiger partial charge on any atom is -0.338 e. The van der Waals surface area contributed by atoms with Gasteiger partial charge in [-0.05, 0) is 25.6 Å². The van der Waals surface area contributed by atoms with Gasteiger partial charge in [0.2, 0.25) is 5.89 Å². The van der Waals surface area contributed by atoms with Gasteiger partial charge < -0.3 is 9.84 Å². The smallest absolute Gasteiger partial charge is 0.240 e. The van der Waals surface area contributed by atoms with E-state index in [-0.39, 0.29) is 0 Å². The summed E-state index contributed by atoms with van der Waals surface area (Å²) >= 11 is 2.04. The van der Waals surface area contributed by atoms with Crippen molar-refractivity contribution in [2.45, 2.75) is 37.5 Å². The highest BCUT2D eigenvalue weighted by Gasteiger charge is 2.17. The van der Waals surface area contributed by atoms with Gasteiger partial charge in [-0.2, -0.15) is 16.7 Å². The largest absolute Gasteiger partial charge is 0.338 e. The van der Waals surface area contributed by atoms with Crippen LogP contribution in [0.4, 0.5) is 0 Å². The van der Waals surface area contributed by atoms with E-state index in [1.165, 1.54) is 25.0 Å². The lowest BCUT2D eigenvalue weighted by atomic mass is 10.1. The SMILES string of the molecule is CNCc1nc(CC2CCCCS2)no1. The van der Waals surface area contributed by atoms with Crippen LogP contribution in [0.5, 0.6) is 0 Å². The highest BCUT2D eigenvalue weighted by atomic mass is 32.2. The van der Waals surface area contributed by atoms with Crippen molar-refractivity contribution in [3.63, 3.8) is 0 Å². The molecular formula is C10H17N3OS. The maximum absolute atomic E-state index is 5.11. The minimum atomic E-state index is 0.658. The highest BCUT2D eigenvalue weighted by Crippen LogP contribution is 2.27. The molecule has 1 atom stereocenters. The van der Waals surface area contributed by atoms with Crippen LogP contribution in [-0.4, -0.2) is 28.2 Å². The molecule has 0 radical (unpaired) electrons. The fraction of sp³-hybridized carbons (Fsp3) is 0.800. The maximum Gasteiger partial charge on any atom is 0.240 e. The molecule has 1 aliphatic rings. The third-order valence-electron chi connectivity index (χ3n) is 2.52. The molecule has 0 bridgehead atoms. The highest BCUT2D eigenvalue weighted by molar-refractivity contribution is 7.99. The molecule has 1 aromatic rings. The zero-order valence-corrected chi connectivity index (χ0v) is 9.85. The average molecular weight is 227 g/mol. The van der Waals surface area contributed by atoms with Crippen molar-refractivity contribution in [2.75, 3.05) is 12.8 Å². The van der Waals surface area contributed by atoms with Crippen molar-refractivity contribution in [1.29, 1.82) is 0 Å². The van der Waals surface area contributed by atoms with E-state index >= 15 is 0 Å². The van der Waals surface area contributed by atoms with E-state index in [0.717, 1.165) is 12.2 Å². The molecule has 4 nitrogen and oxygen atoms in total. The Balaban J connectivity index is 1.86. The lowest BCUT2D eigenvalue weighted by Gasteiger charge is -2.19. The second-order valence-corrected chi connectivity index (χ2v) is 5.24. The first kappa shape index (κ1) is 11.0. The van der Waals surface area contributed by atoms with Gasteiger partial charge in [0.25, 0.3) is 0 Å². The van der Waals surface area contributed by atoms with Crippen molar-refractivity contribution < 1.29 is 4.52 Å². The minimum absolute atomic E-state index is 0.658. The zero-order valence-electron chi connectivity index (χ0n) is 9.03. The van der Waals surface area contributed by atoms with Gasteiger partial charge in [0.05, 0.1) is 6.54 Å². The van der Waals surface area contributed by atoms with E-state index < -0.39 is 0 Å².